The summed E-state index contributed by atoms with van der Waals surface area (Å²) in [4.78, 5) is 5.00. The molecular formula is C30H22BIN2. The lowest BCUT2D eigenvalue weighted by Crippen LogP contribution is -2.61. The highest BCUT2D eigenvalue weighted by Crippen LogP contribution is 2.50. The van der Waals surface area contributed by atoms with Crippen molar-refractivity contribution in [2.75, 3.05) is 9.80 Å². The smallest absolute Gasteiger partial charge is 0.252 e. The molecule has 3 aliphatic heterocycles. The third kappa shape index (κ3) is 2.63. The fourth-order valence-corrected chi connectivity index (χ4v) is 7.05. The van der Waals surface area contributed by atoms with E-state index in [4.69, 9.17) is 0 Å². The number of nitrogens with zero attached hydrogens (tertiary/aromatic N) is 2. The molecule has 0 aromatic heterocycles. The summed E-state index contributed by atoms with van der Waals surface area (Å²) in [7, 11) is 0. The fourth-order valence-electron chi connectivity index (χ4n) is 5.93. The lowest BCUT2D eigenvalue weighted by molar-refractivity contribution is 1.13. The van der Waals surface area contributed by atoms with Crippen LogP contribution in [0.3, 0.4) is 0 Å². The lowest BCUT2D eigenvalue weighted by atomic mass is 9.33. The van der Waals surface area contributed by atoms with Gasteiger partial charge in [-0.05, 0) is 59.2 Å². The standard InChI is InChI=1S/C30H22BIN2/c1-2-3-13-22-21-14-9-16-24-29(21)34(30(22)32)27-19-10-18-26-28(27)31(24)23-15-7-8-17-25(23)33(26)20-11-5-4-6-12-20/h2-19,30H,1H3/b3-2-,22-13-. The van der Waals surface area contributed by atoms with Crippen molar-refractivity contribution in [2.24, 2.45) is 0 Å². The number of benzene rings is 4. The minimum Gasteiger partial charge on any atom is -0.325 e. The topological polar surface area (TPSA) is 6.48 Å². The maximum absolute atomic E-state index is 2.61. The maximum atomic E-state index is 2.61. The summed E-state index contributed by atoms with van der Waals surface area (Å²) in [5.74, 6) is 0. The second-order valence-corrected chi connectivity index (χ2v) is 10.1. The summed E-state index contributed by atoms with van der Waals surface area (Å²) in [5, 5.41) is 0. The predicted molar refractivity (Wildman–Crippen MR) is 155 cm³/mol. The quantitative estimate of drug-likeness (QED) is 0.113. The van der Waals surface area contributed by atoms with E-state index in [2.05, 4.69) is 149 Å². The molecule has 162 valence electrons. The van der Waals surface area contributed by atoms with Gasteiger partial charge in [0, 0.05) is 34.0 Å². The number of hydrogen-bond acceptors (Lipinski definition) is 2. The van der Waals surface area contributed by atoms with Gasteiger partial charge in [0.2, 0.25) is 0 Å². The SMILES string of the molecule is C/C=C\C=C1\c2cccc3c2N(c2cccc4c2B3c2ccccc2N4c2ccccc2)C1I. The number of rotatable bonds is 2. The lowest BCUT2D eigenvalue weighted by Gasteiger charge is -2.43. The fraction of sp³-hybridized carbons (Fsp3) is 0.0667. The van der Waals surface area contributed by atoms with Gasteiger partial charge in [-0.2, -0.15) is 0 Å². The summed E-state index contributed by atoms with van der Waals surface area (Å²) in [6.45, 7) is 2.30. The Bertz CT molecular complexity index is 1510. The first-order chi connectivity index (χ1) is 16.8. The number of para-hydroxylation sites is 3. The van der Waals surface area contributed by atoms with Crippen molar-refractivity contribution in [1.29, 1.82) is 0 Å². The van der Waals surface area contributed by atoms with Crippen molar-refractivity contribution in [1.82, 2.24) is 0 Å². The number of fused-ring (bicyclic) bond motifs is 4. The van der Waals surface area contributed by atoms with Crippen LogP contribution in [-0.4, -0.2) is 10.8 Å². The minimum absolute atomic E-state index is 0.221. The molecule has 4 aromatic carbocycles. The zero-order valence-corrected chi connectivity index (χ0v) is 21.0. The van der Waals surface area contributed by atoms with Crippen molar-refractivity contribution >= 4 is 79.7 Å². The summed E-state index contributed by atoms with van der Waals surface area (Å²) in [5.41, 5.74) is 13.3. The van der Waals surface area contributed by atoms with Crippen LogP contribution in [0.1, 0.15) is 12.5 Å². The molecule has 0 saturated heterocycles. The predicted octanol–water partition coefficient (Wildman–Crippen LogP) is 6.17. The molecule has 1 unspecified atom stereocenters. The zero-order chi connectivity index (χ0) is 22.8. The molecule has 0 aliphatic carbocycles. The summed E-state index contributed by atoms with van der Waals surface area (Å²) in [6, 6.07) is 33.4. The molecule has 7 rings (SSSR count). The highest BCUT2D eigenvalue weighted by Gasteiger charge is 2.47. The highest BCUT2D eigenvalue weighted by atomic mass is 127. The first-order valence-electron chi connectivity index (χ1n) is 11.8. The van der Waals surface area contributed by atoms with Crippen LogP contribution in [0, 0.1) is 0 Å². The average Bonchev–Trinajstić information content (AvgIpc) is 3.17. The Morgan fingerprint density at radius 3 is 2.32 bits per heavy atom. The van der Waals surface area contributed by atoms with Crippen molar-refractivity contribution < 1.29 is 0 Å². The first-order valence-corrected chi connectivity index (χ1v) is 13.0. The Morgan fingerprint density at radius 1 is 0.765 bits per heavy atom. The van der Waals surface area contributed by atoms with Gasteiger partial charge >= 0.3 is 0 Å². The van der Waals surface area contributed by atoms with E-state index in [1.165, 1.54) is 56.0 Å². The molecular weight excluding hydrogens is 526 g/mol. The van der Waals surface area contributed by atoms with E-state index in [0.29, 0.717) is 0 Å². The largest absolute Gasteiger partial charge is 0.325 e. The van der Waals surface area contributed by atoms with E-state index < -0.39 is 0 Å². The van der Waals surface area contributed by atoms with Crippen molar-refractivity contribution in [2.45, 2.75) is 11.0 Å². The second kappa shape index (κ2) is 7.64. The molecule has 34 heavy (non-hydrogen) atoms. The van der Waals surface area contributed by atoms with Crippen LogP contribution >= 0.6 is 22.6 Å². The van der Waals surface area contributed by atoms with E-state index in [1.54, 1.807) is 0 Å². The van der Waals surface area contributed by atoms with Gasteiger partial charge in [0.05, 0.1) is 0 Å². The molecule has 0 saturated carbocycles. The average molecular weight is 548 g/mol. The molecule has 4 heteroatoms. The number of anilines is 5. The van der Waals surface area contributed by atoms with Gasteiger partial charge in [-0.3, -0.25) is 0 Å². The summed E-state index contributed by atoms with van der Waals surface area (Å²) >= 11 is 2.61. The van der Waals surface area contributed by atoms with E-state index in [-0.39, 0.29) is 10.8 Å². The van der Waals surface area contributed by atoms with Crippen LogP contribution in [0.15, 0.2) is 109 Å². The molecule has 3 aliphatic rings. The Morgan fingerprint density at radius 2 is 1.47 bits per heavy atom. The molecule has 0 amide bonds. The Hall–Kier alpha value is -3.25. The monoisotopic (exact) mass is 548 g/mol. The van der Waals surface area contributed by atoms with Gasteiger partial charge in [-0.15, -0.1) is 0 Å². The summed E-state index contributed by atoms with van der Waals surface area (Å²) < 4.78 is 0.250. The Kier molecular flexibility index (Phi) is 4.53. The van der Waals surface area contributed by atoms with Gasteiger partial charge in [-0.1, -0.05) is 101 Å². The number of alkyl halides is 1. The van der Waals surface area contributed by atoms with Gasteiger partial charge in [0.25, 0.3) is 6.71 Å². The third-order valence-corrected chi connectivity index (χ3v) is 8.46. The molecule has 0 spiro atoms. The van der Waals surface area contributed by atoms with Crippen LogP contribution in [0.25, 0.3) is 5.57 Å². The van der Waals surface area contributed by atoms with Gasteiger partial charge in [-0.25, -0.2) is 0 Å². The Balaban J connectivity index is 1.57. The molecule has 0 N–H and O–H groups in total. The molecule has 4 aromatic rings. The van der Waals surface area contributed by atoms with E-state index in [1.807, 2.05) is 0 Å². The van der Waals surface area contributed by atoms with Gasteiger partial charge < -0.3 is 9.80 Å². The minimum atomic E-state index is 0.221. The normalized spacial score (nSPS) is 18.4. The summed E-state index contributed by atoms with van der Waals surface area (Å²) in [6.07, 6.45) is 6.56. The number of allylic oxidation sites excluding steroid dienone is 3. The number of hydrogen-bond donors (Lipinski definition) is 0. The van der Waals surface area contributed by atoms with Crippen molar-refractivity contribution in [3.05, 3.63) is 115 Å². The molecule has 0 fully saturated rings. The van der Waals surface area contributed by atoms with Crippen LogP contribution in [0.5, 0.6) is 0 Å². The number of halogens is 1. The highest BCUT2D eigenvalue weighted by molar-refractivity contribution is 14.1. The zero-order valence-electron chi connectivity index (χ0n) is 18.8. The van der Waals surface area contributed by atoms with Gasteiger partial charge in [0.1, 0.15) is 4.05 Å². The van der Waals surface area contributed by atoms with Gasteiger partial charge in [0.15, 0.2) is 0 Å². The molecule has 2 nitrogen and oxygen atoms in total. The second-order valence-electron chi connectivity index (χ2n) is 8.97. The first kappa shape index (κ1) is 20.2. The Labute approximate surface area is 214 Å². The molecule has 0 radical (unpaired) electrons. The molecule has 1 atom stereocenters. The van der Waals surface area contributed by atoms with Crippen LogP contribution in [0.4, 0.5) is 28.4 Å². The van der Waals surface area contributed by atoms with E-state index >= 15 is 0 Å². The maximum Gasteiger partial charge on any atom is 0.252 e. The van der Waals surface area contributed by atoms with Crippen LogP contribution in [-0.2, 0) is 0 Å². The van der Waals surface area contributed by atoms with Crippen molar-refractivity contribution in [3.8, 4) is 0 Å². The molecule has 3 heterocycles. The van der Waals surface area contributed by atoms with E-state index in [0.717, 1.165) is 0 Å². The van der Waals surface area contributed by atoms with Crippen molar-refractivity contribution in [3.63, 3.8) is 0 Å². The van der Waals surface area contributed by atoms with Crippen LogP contribution in [0.2, 0.25) is 0 Å². The van der Waals surface area contributed by atoms with Crippen LogP contribution < -0.4 is 26.2 Å². The van der Waals surface area contributed by atoms with E-state index in [9.17, 15) is 0 Å². The third-order valence-electron chi connectivity index (χ3n) is 7.23. The molecule has 0 bridgehead atoms.